The summed E-state index contributed by atoms with van der Waals surface area (Å²) in [5, 5.41) is 3.03. The van der Waals surface area contributed by atoms with Crippen LogP contribution in [0.4, 0.5) is 0 Å². The van der Waals surface area contributed by atoms with Gasteiger partial charge in [-0.05, 0) is 37.1 Å². The molecular weight excluding hydrogens is 306 g/mol. The van der Waals surface area contributed by atoms with Gasteiger partial charge >= 0.3 is 0 Å². The molecule has 19 heavy (non-hydrogen) atoms. The minimum atomic E-state index is -0.0284. The van der Waals surface area contributed by atoms with Crippen molar-refractivity contribution in [2.24, 2.45) is 0 Å². The van der Waals surface area contributed by atoms with Crippen LogP contribution in [0.1, 0.15) is 32.3 Å². The van der Waals surface area contributed by atoms with Gasteiger partial charge in [-0.3, -0.25) is 4.79 Å². The van der Waals surface area contributed by atoms with Crippen molar-refractivity contribution in [1.29, 1.82) is 0 Å². The van der Waals surface area contributed by atoms with E-state index in [1.165, 1.54) is 0 Å². The average molecular weight is 324 g/mol. The number of carbonyl (C=O) groups is 1. The molecule has 1 aromatic carbocycles. The van der Waals surface area contributed by atoms with E-state index in [9.17, 15) is 4.79 Å². The molecule has 3 nitrogen and oxygen atoms in total. The molecule has 1 amide bonds. The number of ether oxygens (including phenoxy) is 1. The van der Waals surface area contributed by atoms with Crippen LogP contribution in [0.2, 0.25) is 0 Å². The van der Waals surface area contributed by atoms with Crippen molar-refractivity contribution in [3.63, 3.8) is 0 Å². The van der Waals surface area contributed by atoms with Crippen LogP contribution < -0.4 is 10.1 Å². The fourth-order valence-electron chi connectivity index (χ4n) is 2.05. The van der Waals surface area contributed by atoms with Gasteiger partial charge in [0.2, 0.25) is 0 Å². The van der Waals surface area contributed by atoms with Gasteiger partial charge in [-0.25, -0.2) is 0 Å². The maximum atomic E-state index is 12.1. The second kappa shape index (κ2) is 6.24. The molecular formula is C15H18BrNO2. The monoisotopic (exact) mass is 323 g/mol. The lowest BCUT2D eigenvalue weighted by Crippen LogP contribution is -2.36. The van der Waals surface area contributed by atoms with Crippen molar-refractivity contribution in [3.8, 4) is 5.75 Å². The van der Waals surface area contributed by atoms with Crippen LogP contribution in [0.5, 0.6) is 5.75 Å². The lowest BCUT2D eigenvalue weighted by Gasteiger charge is -2.20. The summed E-state index contributed by atoms with van der Waals surface area (Å²) in [6, 6.07) is 6.03. The van der Waals surface area contributed by atoms with Crippen molar-refractivity contribution >= 4 is 27.9 Å². The molecule has 1 aliphatic rings. The minimum Gasteiger partial charge on any atom is -0.488 e. The Labute approximate surface area is 122 Å². The van der Waals surface area contributed by atoms with E-state index in [-0.39, 0.29) is 11.9 Å². The molecule has 1 N–H and O–H groups in total. The lowest BCUT2D eigenvalue weighted by molar-refractivity contribution is -0.118. The molecule has 0 bridgehead atoms. The summed E-state index contributed by atoms with van der Waals surface area (Å²) < 4.78 is 6.59. The minimum absolute atomic E-state index is 0.0284. The summed E-state index contributed by atoms with van der Waals surface area (Å²) in [6.45, 7) is 4.49. The molecule has 4 heteroatoms. The van der Waals surface area contributed by atoms with Gasteiger partial charge in [0.1, 0.15) is 12.4 Å². The molecule has 0 unspecified atom stereocenters. The maximum absolute atomic E-state index is 12.1. The van der Waals surface area contributed by atoms with Crippen molar-refractivity contribution in [2.75, 3.05) is 6.61 Å². The molecule has 0 saturated heterocycles. The Balaban J connectivity index is 2.16. The normalized spacial score (nSPS) is 13.6. The predicted molar refractivity (Wildman–Crippen MR) is 80.1 cm³/mol. The summed E-state index contributed by atoms with van der Waals surface area (Å²) in [6.07, 6.45) is 3.79. The standard InChI is InChI=1S/C15H18BrNO2/c1-3-13(4-2)17-15(18)11-7-10-8-12(16)5-6-14(10)19-9-11/h5-8,13H,3-4,9H2,1-2H3,(H,17,18). The summed E-state index contributed by atoms with van der Waals surface area (Å²) in [7, 11) is 0. The SMILES string of the molecule is CCC(CC)NC(=O)C1=Cc2cc(Br)ccc2OC1. The summed E-state index contributed by atoms with van der Waals surface area (Å²) in [5.74, 6) is 0.793. The Kier molecular flexibility index (Phi) is 4.64. The molecule has 1 aliphatic heterocycles. The smallest absolute Gasteiger partial charge is 0.250 e. The molecule has 0 fully saturated rings. The van der Waals surface area contributed by atoms with Crippen LogP contribution in [0.25, 0.3) is 6.08 Å². The number of halogens is 1. The Morgan fingerprint density at radius 3 is 2.84 bits per heavy atom. The van der Waals surface area contributed by atoms with E-state index in [1.807, 2.05) is 24.3 Å². The van der Waals surface area contributed by atoms with E-state index in [0.717, 1.165) is 28.6 Å². The molecule has 0 saturated carbocycles. The zero-order valence-electron chi connectivity index (χ0n) is 11.2. The average Bonchev–Trinajstić information content (AvgIpc) is 2.43. The van der Waals surface area contributed by atoms with Crippen molar-refractivity contribution < 1.29 is 9.53 Å². The van der Waals surface area contributed by atoms with Gasteiger partial charge in [-0.2, -0.15) is 0 Å². The zero-order valence-corrected chi connectivity index (χ0v) is 12.8. The Morgan fingerprint density at radius 1 is 1.42 bits per heavy atom. The van der Waals surface area contributed by atoms with E-state index in [4.69, 9.17) is 4.74 Å². The third-order valence-electron chi connectivity index (χ3n) is 3.30. The highest BCUT2D eigenvalue weighted by Gasteiger charge is 2.18. The highest BCUT2D eigenvalue weighted by molar-refractivity contribution is 9.10. The second-order valence-electron chi connectivity index (χ2n) is 4.63. The highest BCUT2D eigenvalue weighted by atomic mass is 79.9. The first kappa shape index (κ1) is 14.1. The second-order valence-corrected chi connectivity index (χ2v) is 5.54. The number of hydrogen-bond donors (Lipinski definition) is 1. The van der Waals surface area contributed by atoms with Gasteiger partial charge in [0.15, 0.2) is 0 Å². The van der Waals surface area contributed by atoms with Crippen LogP contribution in [0, 0.1) is 0 Å². The van der Waals surface area contributed by atoms with Crippen molar-refractivity contribution in [3.05, 3.63) is 33.8 Å². The number of nitrogens with one attached hydrogen (secondary N) is 1. The molecule has 1 heterocycles. The first-order chi connectivity index (χ1) is 9.13. The van der Waals surface area contributed by atoms with E-state index >= 15 is 0 Å². The molecule has 2 rings (SSSR count). The van der Waals surface area contributed by atoms with Gasteiger partial charge in [0.05, 0.1) is 5.57 Å². The van der Waals surface area contributed by atoms with E-state index < -0.39 is 0 Å². The van der Waals surface area contributed by atoms with E-state index in [2.05, 4.69) is 35.1 Å². The number of benzene rings is 1. The van der Waals surface area contributed by atoms with Crippen molar-refractivity contribution in [1.82, 2.24) is 5.32 Å². The van der Waals surface area contributed by atoms with Gasteiger partial charge in [0, 0.05) is 16.1 Å². The number of hydrogen-bond acceptors (Lipinski definition) is 2. The number of rotatable bonds is 4. The Morgan fingerprint density at radius 2 is 2.16 bits per heavy atom. The van der Waals surface area contributed by atoms with Gasteiger partial charge in [0.25, 0.3) is 5.91 Å². The lowest BCUT2D eigenvalue weighted by atomic mass is 10.1. The molecule has 0 atom stereocenters. The fourth-order valence-corrected chi connectivity index (χ4v) is 2.43. The summed E-state index contributed by atoms with van der Waals surface area (Å²) in [5.41, 5.74) is 1.62. The summed E-state index contributed by atoms with van der Waals surface area (Å²) >= 11 is 3.42. The Hall–Kier alpha value is -1.29. The molecule has 0 spiro atoms. The van der Waals surface area contributed by atoms with Gasteiger partial charge < -0.3 is 10.1 Å². The number of carbonyl (C=O) groups excluding carboxylic acids is 1. The highest BCUT2D eigenvalue weighted by Crippen LogP contribution is 2.29. The zero-order chi connectivity index (χ0) is 13.8. The van der Waals surface area contributed by atoms with Crippen LogP contribution in [-0.2, 0) is 4.79 Å². The summed E-state index contributed by atoms with van der Waals surface area (Å²) in [4.78, 5) is 12.1. The molecule has 1 aromatic rings. The predicted octanol–water partition coefficient (Wildman–Crippen LogP) is 3.53. The van der Waals surface area contributed by atoms with E-state index in [1.54, 1.807) is 0 Å². The van der Waals surface area contributed by atoms with E-state index in [0.29, 0.717) is 12.2 Å². The van der Waals surface area contributed by atoms with Gasteiger partial charge in [-0.15, -0.1) is 0 Å². The van der Waals surface area contributed by atoms with Crippen molar-refractivity contribution in [2.45, 2.75) is 32.7 Å². The Bertz CT molecular complexity index is 507. The largest absolute Gasteiger partial charge is 0.488 e. The quantitative estimate of drug-likeness (QED) is 0.920. The topological polar surface area (TPSA) is 38.3 Å². The number of fused-ring (bicyclic) bond motifs is 1. The van der Waals surface area contributed by atoms with Crippen LogP contribution in [0.3, 0.4) is 0 Å². The molecule has 102 valence electrons. The molecule has 0 aliphatic carbocycles. The van der Waals surface area contributed by atoms with Crippen LogP contribution in [-0.4, -0.2) is 18.6 Å². The number of amides is 1. The third-order valence-corrected chi connectivity index (χ3v) is 3.79. The third kappa shape index (κ3) is 3.38. The van der Waals surface area contributed by atoms with Crippen LogP contribution >= 0.6 is 15.9 Å². The van der Waals surface area contributed by atoms with Gasteiger partial charge in [-0.1, -0.05) is 29.8 Å². The van der Waals surface area contributed by atoms with Crippen LogP contribution in [0.15, 0.2) is 28.2 Å². The fraction of sp³-hybridized carbons (Fsp3) is 0.400. The molecule has 0 radical (unpaired) electrons. The maximum Gasteiger partial charge on any atom is 0.250 e. The molecule has 0 aromatic heterocycles. The first-order valence-electron chi connectivity index (χ1n) is 6.57. The first-order valence-corrected chi connectivity index (χ1v) is 7.37.